The number of nitrogens with zero attached hydrogens (tertiary/aromatic N) is 4. The van der Waals surface area contributed by atoms with E-state index in [9.17, 15) is 57.9 Å². The number of ether oxygens (including phenoxy) is 1. The number of carbonyl (C=O) groups excluding carboxylic acids is 3. The van der Waals surface area contributed by atoms with Gasteiger partial charge in [-0.05, 0) is 24.2 Å². The van der Waals surface area contributed by atoms with Gasteiger partial charge >= 0.3 is 23.5 Å². The maximum absolute atomic E-state index is 12.8. The third kappa shape index (κ3) is 20.7. The van der Waals surface area contributed by atoms with Crippen LogP contribution < -0.4 is 16.4 Å². The number of aliphatic hydroxyl groups is 2. The van der Waals surface area contributed by atoms with Crippen molar-refractivity contribution in [2.45, 2.75) is 143 Å². The lowest BCUT2D eigenvalue weighted by molar-refractivity contribution is -0.137. The number of phosphoric ester groups is 3. The fourth-order valence-electron chi connectivity index (χ4n) is 7.29. The molecule has 0 aromatic carbocycles. The van der Waals surface area contributed by atoms with Gasteiger partial charge in [0.05, 0.1) is 19.5 Å². The van der Waals surface area contributed by atoms with Gasteiger partial charge in [-0.2, -0.15) is 4.31 Å². The van der Waals surface area contributed by atoms with E-state index >= 15 is 0 Å². The fourth-order valence-corrected chi connectivity index (χ4v) is 10.9. The number of thioether (sulfide) groups is 1. The molecule has 1 aliphatic rings. The summed E-state index contributed by atoms with van der Waals surface area (Å²) in [7, 11) is -16.4. The number of nitrogens with one attached hydrogen (secondary N) is 2. The molecule has 24 nitrogen and oxygen atoms in total. The first-order valence-electron chi connectivity index (χ1n) is 22.7. The number of phosphoric acid groups is 3. The van der Waals surface area contributed by atoms with E-state index < -0.39 is 84.6 Å². The topological polar surface area (TPSA) is 364 Å². The summed E-state index contributed by atoms with van der Waals surface area (Å²) in [6.07, 6.45) is 3.58. The number of amides is 2. The maximum atomic E-state index is 12.8. The second kappa shape index (κ2) is 27.4. The van der Waals surface area contributed by atoms with Crippen LogP contribution >= 0.6 is 35.2 Å². The molecule has 2 aromatic heterocycles. The summed E-state index contributed by atoms with van der Waals surface area (Å²) < 4.78 is 62.5. The van der Waals surface area contributed by atoms with E-state index in [1.807, 2.05) is 6.92 Å². The Balaban J connectivity index is 1.34. The predicted octanol–water partition coefficient (Wildman–Crippen LogP) is 4.74. The van der Waals surface area contributed by atoms with Gasteiger partial charge in [-0.15, -0.1) is 0 Å². The Morgan fingerprint density at radius 3 is 2.10 bits per heavy atom. The minimum absolute atomic E-state index is 0.0330. The van der Waals surface area contributed by atoms with Crippen LogP contribution in [-0.4, -0.2) is 123 Å². The van der Waals surface area contributed by atoms with Crippen molar-refractivity contribution in [3.8, 4) is 0 Å². The third-order valence-electron chi connectivity index (χ3n) is 11.4. The van der Waals surface area contributed by atoms with E-state index in [4.69, 9.17) is 19.5 Å². The van der Waals surface area contributed by atoms with Crippen molar-refractivity contribution in [3.05, 3.63) is 12.7 Å². The monoisotopic (exact) mass is 1050 g/mol. The standard InChI is InChI=1S/C40H72N7O17P3S/c1-25(2)11-8-12-26(3)13-9-14-27(4)15-10-16-28(5)39(52)68-20-19-42-30(48)17-18-43-37(51)34(50)40(6,7)22-61-67(58,59)64-66(56,57)60-21-29-33(63-65(53,54)55)32(49)38(62-29)47-24-46-31-35(41)44-23-45-36(31)47/h23-29,32-34,38,49-50H,8-22H2,1-7H3,(H,42,48)(H,43,51)(H,56,57)(H,58,59)(H2,41,44,45)(H2,53,54,55)/t26?,27?,28?,29-,32-,33-,34?,38-/m1/s1. The van der Waals surface area contributed by atoms with Crippen molar-refractivity contribution >= 4 is 69.1 Å². The van der Waals surface area contributed by atoms with Gasteiger partial charge < -0.3 is 50.9 Å². The number of hydrogen-bond acceptors (Lipinski definition) is 18. The Morgan fingerprint density at radius 1 is 0.882 bits per heavy atom. The van der Waals surface area contributed by atoms with Gasteiger partial charge in [0.15, 0.2) is 22.8 Å². The number of aliphatic hydroxyl groups excluding tert-OH is 2. The molecule has 3 heterocycles. The molecule has 68 heavy (non-hydrogen) atoms. The molecule has 1 aliphatic heterocycles. The Hall–Kier alpha value is -2.44. The molecule has 2 aromatic rings. The first-order chi connectivity index (χ1) is 31.6. The number of carbonyl (C=O) groups is 3. The molecular formula is C40H72N7O17P3S. The minimum atomic E-state index is -5.58. The highest BCUT2D eigenvalue weighted by Gasteiger charge is 2.50. The smallest absolute Gasteiger partial charge is 0.386 e. The van der Waals surface area contributed by atoms with E-state index in [0.29, 0.717) is 11.7 Å². The molecule has 10 atom stereocenters. The Kier molecular flexibility index (Phi) is 24.1. The maximum Gasteiger partial charge on any atom is 0.481 e. The van der Waals surface area contributed by atoms with Crippen LogP contribution in [0.15, 0.2) is 12.7 Å². The molecule has 0 saturated carbocycles. The zero-order valence-corrected chi connectivity index (χ0v) is 43.2. The number of anilines is 1. The minimum Gasteiger partial charge on any atom is -0.386 e. The van der Waals surface area contributed by atoms with Crippen molar-refractivity contribution in [2.75, 3.05) is 37.8 Å². The number of fused-ring (bicyclic) bond motifs is 1. The van der Waals surface area contributed by atoms with Crippen LogP contribution in [-0.2, 0) is 50.7 Å². The average molecular weight is 1050 g/mol. The van der Waals surface area contributed by atoms with Crippen molar-refractivity contribution < 1.29 is 80.5 Å². The third-order valence-corrected chi connectivity index (χ3v) is 15.5. The summed E-state index contributed by atoms with van der Waals surface area (Å²) in [5.41, 5.74) is 4.29. The fraction of sp³-hybridized carbons (Fsp3) is 0.800. The Labute approximate surface area is 401 Å². The summed E-state index contributed by atoms with van der Waals surface area (Å²) in [4.78, 5) is 89.0. The van der Waals surface area contributed by atoms with Crippen LogP contribution in [0, 0.1) is 29.1 Å². The molecule has 6 unspecified atom stereocenters. The van der Waals surface area contributed by atoms with Crippen LogP contribution in [0.5, 0.6) is 0 Å². The summed E-state index contributed by atoms with van der Waals surface area (Å²) in [5, 5.41) is 26.7. The van der Waals surface area contributed by atoms with Crippen LogP contribution in [0.4, 0.5) is 5.82 Å². The molecule has 3 rings (SSSR count). The molecule has 2 amide bonds. The second-order valence-corrected chi connectivity index (χ2v) is 23.9. The zero-order valence-electron chi connectivity index (χ0n) is 39.7. The van der Waals surface area contributed by atoms with Crippen molar-refractivity contribution in [1.29, 1.82) is 0 Å². The van der Waals surface area contributed by atoms with Crippen LogP contribution in [0.3, 0.4) is 0 Å². The first-order valence-corrected chi connectivity index (χ1v) is 28.2. The van der Waals surface area contributed by atoms with Crippen LogP contribution in [0.2, 0.25) is 0 Å². The number of nitrogen functional groups attached to an aromatic ring is 1. The first kappa shape index (κ1) is 59.9. The molecule has 0 bridgehead atoms. The molecule has 1 fully saturated rings. The van der Waals surface area contributed by atoms with Crippen molar-refractivity contribution in [2.24, 2.45) is 29.1 Å². The zero-order chi connectivity index (χ0) is 51.0. The van der Waals surface area contributed by atoms with Gasteiger partial charge in [-0.25, -0.2) is 28.6 Å². The molecule has 390 valence electrons. The van der Waals surface area contributed by atoms with Gasteiger partial charge in [0, 0.05) is 36.6 Å². The molecule has 0 aliphatic carbocycles. The van der Waals surface area contributed by atoms with E-state index in [-0.39, 0.29) is 47.5 Å². The van der Waals surface area contributed by atoms with Gasteiger partial charge in [-0.3, -0.25) is 32.5 Å². The van der Waals surface area contributed by atoms with Crippen molar-refractivity contribution in [1.82, 2.24) is 30.2 Å². The predicted molar refractivity (Wildman–Crippen MR) is 251 cm³/mol. The number of nitrogens with two attached hydrogens (primary N) is 1. The lowest BCUT2D eigenvalue weighted by Gasteiger charge is -2.30. The molecule has 28 heteroatoms. The quantitative estimate of drug-likeness (QED) is 0.0353. The number of hydrogen-bond donors (Lipinski definition) is 9. The van der Waals surface area contributed by atoms with E-state index in [1.54, 1.807) is 0 Å². The molecule has 0 spiro atoms. The van der Waals surface area contributed by atoms with Gasteiger partial charge in [0.2, 0.25) is 11.8 Å². The largest absolute Gasteiger partial charge is 0.481 e. The van der Waals surface area contributed by atoms with Crippen LogP contribution in [0.25, 0.3) is 11.2 Å². The summed E-state index contributed by atoms with van der Waals surface area (Å²) in [6, 6.07) is 0. The summed E-state index contributed by atoms with van der Waals surface area (Å²) >= 11 is 1.16. The average Bonchev–Trinajstić information content (AvgIpc) is 3.80. The van der Waals surface area contributed by atoms with Gasteiger partial charge in [0.25, 0.3) is 0 Å². The molecule has 10 N–H and O–H groups in total. The lowest BCUT2D eigenvalue weighted by Crippen LogP contribution is -2.46. The second-order valence-electron chi connectivity index (χ2n) is 18.5. The number of aromatic nitrogens is 4. The molecule has 1 saturated heterocycles. The highest BCUT2D eigenvalue weighted by molar-refractivity contribution is 8.13. The van der Waals surface area contributed by atoms with E-state index in [2.05, 4.69) is 62.1 Å². The summed E-state index contributed by atoms with van der Waals surface area (Å²) in [6.45, 7) is 11.6. The van der Waals surface area contributed by atoms with Crippen LogP contribution in [0.1, 0.15) is 119 Å². The Morgan fingerprint density at radius 2 is 1.49 bits per heavy atom. The SMILES string of the molecule is CC(C)CCCC(C)CCCC(C)CCCC(C)C(=O)SCCNC(=O)CCNC(=O)C(O)C(C)(C)COP(=O)(O)OP(=O)(O)OC[C@H]1O[C@@H](n2cnc3c(N)ncnc32)[C@H](O)[C@@H]1OP(=O)(O)O. The highest BCUT2D eigenvalue weighted by atomic mass is 32.2. The summed E-state index contributed by atoms with van der Waals surface area (Å²) in [5.74, 6) is 1.01. The van der Waals surface area contributed by atoms with Gasteiger partial charge in [0.1, 0.15) is 36.3 Å². The molecule has 0 radical (unpaired) electrons. The number of rotatable bonds is 32. The van der Waals surface area contributed by atoms with E-state index in [1.165, 1.54) is 52.4 Å². The van der Waals surface area contributed by atoms with E-state index in [0.717, 1.165) is 60.1 Å². The highest BCUT2D eigenvalue weighted by Crippen LogP contribution is 2.61. The normalized spacial score (nSPS) is 21.5. The lowest BCUT2D eigenvalue weighted by atomic mass is 9.87. The van der Waals surface area contributed by atoms with Crippen molar-refractivity contribution in [3.63, 3.8) is 0 Å². The number of imidazole rings is 1. The Bertz CT molecular complexity index is 2080. The van der Waals surface area contributed by atoms with Gasteiger partial charge in [-0.1, -0.05) is 112 Å². The molecular weight excluding hydrogens is 975 g/mol.